The van der Waals surface area contributed by atoms with Crippen LogP contribution in [0.4, 0.5) is 0 Å². The van der Waals surface area contributed by atoms with Crippen molar-refractivity contribution in [3.8, 4) is 0 Å². The summed E-state index contributed by atoms with van der Waals surface area (Å²) >= 11 is 0. The molecule has 1 aliphatic carbocycles. The molecule has 4 nitrogen and oxygen atoms in total. The number of fused-ring (bicyclic) bond motifs is 3. The molecule has 18 heavy (non-hydrogen) atoms. The Morgan fingerprint density at radius 3 is 2.67 bits per heavy atom. The van der Waals surface area contributed by atoms with E-state index in [2.05, 4.69) is 20.8 Å². The van der Waals surface area contributed by atoms with E-state index in [0.29, 0.717) is 11.8 Å². The van der Waals surface area contributed by atoms with Crippen molar-refractivity contribution in [2.24, 2.45) is 11.8 Å². The van der Waals surface area contributed by atoms with E-state index >= 15 is 0 Å². The molecule has 0 bridgehead atoms. The molecule has 1 saturated carbocycles. The van der Waals surface area contributed by atoms with E-state index in [0.717, 1.165) is 12.8 Å². The van der Waals surface area contributed by atoms with Gasteiger partial charge in [-0.05, 0) is 25.7 Å². The van der Waals surface area contributed by atoms with Crippen molar-refractivity contribution in [3.63, 3.8) is 0 Å². The Labute approximate surface area is 109 Å². The monoisotopic (exact) mass is 252 g/mol. The van der Waals surface area contributed by atoms with E-state index < -0.39 is 0 Å². The van der Waals surface area contributed by atoms with Gasteiger partial charge in [0.2, 0.25) is 5.91 Å². The van der Waals surface area contributed by atoms with E-state index in [9.17, 15) is 4.79 Å². The molecule has 3 fully saturated rings. The fourth-order valence-electron chi connectivity index (χ4n) is 3.89. The quantitative estimate of drug-likeness (QED) is 0.715. The van der Waals surface area contributed by atoms with Crippen LogP contribution in [0.15, 0.2) is 0 Å². The van der Waals surface area contributed by atoms with Gasteiger partial charge < -0.3 is 4.90 Å². The largest absolute Gasteiger partial charge is 0.324 e. The average molecular weight is 252 g/mol. The first kappa shape index (κ1) is 12.4. The van der Waals surface area contributed by atoms with Gasteiger partial charge in [-0.3, -0.25) is 9.63 Å². The molecule has 102 valence electrons. The third-order valence-corrected chi connectivity index (χ3v) is 5.46. The lowest BCUT2D eigenvalue weighted by Crippen LogP contribution is -2.53. The van der Waals surface area contributed by atoms with E-state index in [4.69, 9.17) is 4.84 Å². The smallest absolute Gasteiger partial charge is 0.244 e. The van der Waals surface area contributed by atoms with Crippen LogP contribution in [0.25, 0.3) is 0 Å². The van der Waals surface area contributed by atoms with Crippen LogP contribution in [-0.4, -0.2) is 40.7 Å². The van der Waals surface area contributed by atoms with Crippen LogP contribution in [0.1, 0.15) is 46.5 Å². The Bertz CT molecular complexity index is 371. The second-order valence-electron chi connectivity index (χ2n) is 6.51. The van der Waals surface area contributed by atoms with Crippen LogP contribution >= 0.6 is 0 Å². The molecule has 4 atom stereocenters. The number of hydroxylamine groups is 2. The Morgan fingerprint density at radius 1 is 1.33 bits per heavy atom. The average Bonchev–Trinajstić information content (AvgIpc) is 2.82. The van der Waals surface area contributed by atoms with Gasteiger partial charge in [-0.2, -0.15) is 5.06 Å². The number of carbonyl (C=O) groups is 1. The fraction of sp³-hybridized carbons (Fsp3) is 0.929. The second-order valence-corrected chi connectivity index (χ2v) is 6.51. The second kappa shape index (κ2) is 3.94. The van der Waals surface area contributed by atoms with E-state index in [1.165, 1.54) is 12.8 Å². The molecule has 0 spiro atoms. The molecular weight excluding hydrogens is 228 g/mol. The first-order valence-corrected chi connectivity index (χ1v) is 7.21. The Hall–Kier alpha value is -0.610. The van der Waals surface area contributed by atoms with Crippen molar-refractivity contribution in [2.75, 3.05) is 7.05 Å². The maximum atomic E-state index is 12.6. The molecule has 0 N–H and O–H groups in total. The van der Waals surface area contributed by atoms with Crippen molar-refractivity contribution in [1.29, 1.82) is 0 Å². The molecule has 2 heterocycles. The zero-order valence-corrected chi connectivity index (χ0v) is 11.8. The van der Waals surface area contributed by atoms with Gasteiger partial charge in [0, 0.05) is 13.0 Å². The normalized spacial score (nSPS) is 44.6. The van der Waals surface area contributed by atoms with Crippen molar-refractivity contribution in [1.82, 2.24) is 9.96 Å². The molecule has 3 rings (SSSR count). The first-order chi connectivity index (χ1) is 8.48. The Kier molecular flexibility index (Phi) is 2.72. The molecule has 1 amide bonds. The highest BCUT2D eigenvalue weighted by molar-refractivity contribution is 5.85. The zero-order valence-electron chi connectivity index (χ0n) is 11.8. The standard InChI is InChI=1S/C14H24N2O2/c1-9(2)14(3)15(4)13(17)12-10-7-5-6-8-11(10)18-16(12)14/h9-12H,5-8H2,1-4H3/t10-,11+,12-,14-/m0/s1. The molecule has 4 heteroatoms. The van der Waals surface area contributed by atoms with Gasteiger partial charge in [0.25, 0.3) is 0 Å². The third kappa shape index (κ3) is 1.36. The summed E-state index contributed by atoms with van der Waals surface area (Å²) in [6.07, 6.45) is 5.01. The topological polar surface area (TPSA) is 32.8 Å². The summed E-state index contributed by atoms with van der Waals surface area (Å²) < 4.78 is 0. The van der Waals surface area contributed by atoms with Gasteiger partial charge >= 0.3 is 0 Å². The SMILES string of the molecule is CC(C)[C@@]1(C)N(C)C(=O)[C@@H]2[C@H]3CCCC[C@H]3ON21. The van der Waals surface area contributed by atoms with Gasteiger partial charge in [-0.15, -0.1) is 0 Å². The summed E-state index contributed by atoms with van der Waals surface area (Å²) in [5, 5.41) is 2.03. The van der Waals surface area contributed by atoms with Crippen LogP contribution < -0.4 is 0 Å². The number of hydrogen-bond acceptors (Lipinski definition) is 3. The van der Waals surface area contributed by atoms with Gasteiger partial charge in [-0.1, -0.05) is 26.7 Å². The van der Waals surface area contributed by atoms with Crippen molar-refractivity contribution >= 4 is 5.91 Å². The summed E-state index contributed by atoms with van der Waals surface area (Å²) in [5.41, 5.74) is -0.293. The van der Waals surface area contributed by atoms with Gasteiger partial charge in [0.15, 0.2) is 0 Å². The third-order valence-electron chi connectivity index (χ3n) is 5.46. The highest BCUT2D eigenvalue weighted by atomic mass is 16.7. The predicted molar refractivity (Wildman–Crippen MR) is 68.5 cm³/mol. The fourth-order valence-corrected chi connectivity index (χ4v) is 3.89. The molecule has 2 aliphatic heterocycles. The van der Waals surface area contributed by atoms with Crippen molar-refractivity contribution in [3.05, 3.63) is 0 Å². The molecule has 2 saturated heterocycles. The Morgan fingerprint density at radius 2 is 2.00 bits per heavy atom. The summed E-state index contributed by atoms with van der Waals surface area (Å²) in [4.78, 5) is 20.6. The van der Waals surface area contributed by atoms with Gasteiger partial charge in [0.05, 0.1) is 6.10 Å². The summed E-state index contributed by atoms with van der Waals surface area (Å²) in [7, 11) is 1.92. The van der Waals surface area contributed by atoms with Gasteiger partial charge in [0.1, 0.15) is 11.7 Å². The number of amides is 1. The number of likely N-dealkylation sites (N-methyl/N-ethyl adjacent to an activating group) is 1. The number of hydrogen-bond donors (Lipinski definition) is 0. The molecule has 0 aromatic heterocycles. The van der Waals surface area contributed by atoms with Crippen molar-refractivity contribution < 1.29 is 9.63 Å². The molecule has 0 aromatic rings. The molecule has 3 aliphatic rings. The number of carbonyl (C=O) groups excluding carboxylic acids is 1. The van der Waals surface area contributed by atoms with Crippen LogP contribution in [0.3, 0.4) is 0 Å². The summed E-state index contributed by atoms with van der Waals surface area (Å²) in [6, 6.07) is -0.0345. The highest BCUT2D eigenvalue weighted by Gasteiger charge is 2.62. The Balaban J connectivity index is 1.96. The maximum absolute atomic E-state index is 12.6. The minimum atomic E-state index is -0.293. The van der Waals surface area contributed by atoms with Crippen LogP contribution in [0.2, 0.25) is 0 Å². The lowest BCUT2D eigenvalue weighted by atomic mass is 9.82. The maximum Gasteiger partial charge on any atom is 0.244 e. The number of rotatable bonds is 1. The first-order valence-electron chi connectivity index (χ1n) is 7.21. The minimum absolute atomic E-state index is 0.0345. The lowest BCUT2D eigenvalue weighted by Gasteiger charge is -2.41. The van der Waals surface area contributed by atoms with Crippen LogP contribution in [0.5, 0.6) is 0 Å². The number of nitrogens with zero attached hydrogens (tertiary/aromatic N) is 2. The molecule has 0 radical (unpaired) electrons. The van der Waals surface area contributed by atoms with E-state index in [1.54, 1.807) is 0 Å². The highest BCUT2D eigenvalue weighted by Crippen LogP contribution is 2.48. The summed E-state index contributed by atoms with van der Waals surface area (Å²) in [6.45, 7) is 6.46. The van der Waals surface area contributed by atoms with Crippen LogP contribution in [-0.2, 0) is 9.63 Å². The van der Waals surface area contributed by atoms with Gasteiger partial charge in [-0.25, -0.2) is 0 Å². The van der Waals surface area contributed by atoms with Crippen molar-refractivity contribution in [2.45, 2.75) is 64.3 Å². The molecule has 0 unspecified atom stereocenters. The molecule has 0 aromatic carbocycles. The van der Waals surface area contributed by atoms with E-state index in [1.807, 2.05) is 17.0 Å². The lowest BCUT2D eigenvalue weighted by molar-refractivity contribution is -0.239. The van der Waals surface area contributed by atoms with E-state index in [-0.39, 0.29) is 23.7 Å². The predicted octanol–water partition coefficient (Wildman–Crippen LogP) is 2.01. The minimum Gasteiger partial charge on any atom is -0.324 e. The summed E-state index contributed by atoms with van der Waals surface area (Å²) in [5.74, 6) is 1.02. The molecular formula is C14H24N2O2. The van der Waals surface area contributed by atoms with Crippen LogP contribution in [0, 0.1) is 11.8 Å². The zero-order chi connectivity index (χ0) is 13.1.